The first-order chi connectivity index (χ1) is 13.5. The van der Waals surface area contributed by atoms with Crippen LogP contribution in [-0.2, 0) is 4.74 Å². The molecule has 6 nitrogen and oxygen atoms in total. The van der Waals surface area contributed by atoms with Crippen molar-refractivity contribution < 1.29 is 9.53 Å². The molecule has 1 amide bonds. The van der Waals surface area contributed by atoms with Crippen molar-refractivity contribution in [3.05, 3.63) is 77.2 Å². The fourth-order valence-corrected chi connectivity index (χ4v) is 3.05. The first-order valence-electron chi connectivity index (χ1n) is 9.09. The van der Waals surface area contributed by atoms with E-state index < -0.39 is 0 Å². The molecule has 2 heterocycles. The Bertz CT molecular complexity index is 943. The molecule has 0 saturated heterocycles. The van der Waals surface area contributed by atoms with Crippen LogP contribution in [0.4, 0.5) is 0 Å². The maximum Gasteiger partial charge on any atom is 0.254 e. The quantitative estimate of drug-likeness (QED) is 0.657. The molecule has 0 bridgehead atoms. The number of carbonyl (C=O) groups is 1. The average Bonchev–Trinajstić information content (AvgIpc) is 2.74. The van der Waals surface area contributed by atoms with E-state index in [1.165, 1.54) is 0 Å². The maximum absolute atomic E-state index is 13.0. The number of methoxy groups -OCH3 is 1. The van der Waals surface area contributed by atoms with E-state index in [0.717, 1.165) is 28.1 Å². The number of pyridine rings is 1. The van der Waals surface area contributed by atoms with Crippen LogP contribution >= 0.6 is 0 Å². The van der Waals surface area contributed by atoms with Gasteiger partial charge in [-0.25, -0.2) is 0 Å². The van der Waals surface area contributed by atoms with Gasteiger partial charge in [-0.1, -0.05) is 18.2 Å². The molecule has 6 heteroatoms. The van der Waals surface area contributed by atoms with Gasteiger partial charge in [0.05, 0.1) is 30.2 Å². The Kier molecular flexibility index (Phi) is 6.11. The molecule has 28 heavy (non-hydrogen) atoms. The second kappa shape index (κ2) is 8.71. The SMILES string of the molecule is COCC(c1ccccn1)N(C)C(=O)c1ccc(-c2nncc(C)c2C)cc1. The van der Waals surface area contributed by atoms with Gasteiger partial charge in [-0.05, 0) is 49.2 Å². The first kappa shape index (κ1) is 19.6. The largest absolute Gasteiger partial charge is 0.382 e. The molecule has 0 aliphatic rings. The molecule has 1 unspecified atom stereocenters. The molecule has 3 rings (SSSR count). The highest BCUT2D eigenvalue weighted by Gasteiger charge is 2.24. The number of nitrogens with zero attached hydrogens (tertiary/aromatic N) is 4. The third kappa shape index (κ3) is 4.07. The zero-order valence-corrected chi connectivity index (χ0v) is 16.6. The van der Waals surface area contributed by atoms with Gasteiger partial charge in [0.2, 0.25) is 0 Å². The highest BCUT2D eigenvalue weighted by Crippen LogP contribution is 2.24. The maximum atomic E-state index is 13.0. The smallest absolute Gasteiger partial charge is 0.254 e. The zero-order valence-electron chi connectivity index (χ0n) is 16.6. The summed E-state index contributed by atoms with van der Waals surface area (Å²) in [7, 11) is 3.39. The van der Waals surface area contributed by atoms with Crippen molar-refractivity contribution in [1.82, 2.24) is 20.1 Å². The highest BCUT2D eigenvalue weighted by molar-refractivity contribution is 5.94. The van der Waals surface area contributed by atoms with Gasteiger partial charge < -0.3 is 9.64 Å². The van der Waals surface area contributed by atoms with Crippen molar-refractivity contribution in [3.8, 4) is 11.3 Å². The van der Waals surface area contributed by atoms with Crippen LogP contribution in [0.5, 0.6) is 0 Å². The van der Waals surface area contributed by atoms with Gasteiger partial charge >= 0.3 is 0 Å². The molecule has 0 aliphatic carbocycles. The molecule has 0 spiro atoms. The Morgan fingerprint density at radius 2 is 1.89 bits per heavy atom. The van der Waals surface area contributed by atoms with E-state index in [0.29, 0.717) is 12.2 Å². The van der Waals surface area contributed by atoms with E-state index in [2.05, 4.69) is 15.2 Å². The number of carbonyl (C=O) groups excluding carboxylic acids is 1. The summed E-state index contributed by atoms with van der Waals surface area (Å²) in [6.45, 7) is 4.40. The van der Waals surface area contributed by atoms with Gasteiger partial charge in [0.25, 0.3) is 5.91 Å². The monoisotopic (exact) mass is 376 g/mol. The highest BCUT2D eigenvalue weighted by atomic mass is 16.5. The van der Waals surface area contributed by atoms with Crippen LogP contribution in [-0.4, -0.2) is 46.8 Å². The van der Waals surface area contributed by atoms with Crippen LogP contribution in [0.1, 0.15) is 33.2 Å². The molecule has 0 radical (unpaired) electrons. The number of hydrogen-bond donors (Lipinski definition) is 0. The van der Waals surface area contributed by atoms with Crippen molar-refractivity contribution in [3.63, 3.8) is 0 Å². The van der Waals surface area contributed by atoms with Crippen LogP contribution in [0.15, 0.2) is 54.9 Å². The number of ether oxygens (including phenoxy) is 1. The second-order valence-electron chi connectivity index (χ2n) is 6.72. The molecular weight excluding hydrogens is 352 g/mol. The Morgan fingerprint density at radius 3 is 2.54 bits per heavy atom. The summed E-state index contributed by atoms with van der Waals surface area (Å²) in [6, 6.07) is 12.8. The van der Waals surface area contributed by atoms with Crippen molar-refractivity contribution in [2.24, 2.45) is 0 Å². The number of benzene rings is 1. The third-order valence-electron chi connectivity index (χ3n) is 4.90. The molecule has 0 fully saturated rings. The number of amides is 1. The van der Waals surface area contributed by atoms with Crippen LogP contribution in [0, 0.1) is 13.8 Å². The van der Waals surface area contributed by atoms with Crippen molar-refractivity contribution in [2.45, 2.75) is 19.9 Å². The molecule has 0 N–H and O–H groups in total. The van der Waals surface area contributed by atoms with E-state index in [-0.39, 0.29) is 11.9 Å². The minimum Gasteiger partial charge on any atom is -0.382 e. The second-order valence-corrected chi connectivity index (χ2v) is 6.72. The summed E-state index contributed by atoms with van der Waals surface area (Å²) < 4.78 is 5.32. The van der Waals surface area contributed by atoms with Gasteiger partial charge in [-0.3, -0.25) is 9.78 Å². The summed E-state index contributed by atoms with van der Waals surface area (Å²) in [5, 5.41) is 8.28. The summed E-state index contributed by atoms with van der Waals surface area (Å²) >= 11 is 0. The van der Waals surface area contributed by atoms with Gasteiger partial charge in [-0.15, -0.1) is 0 Å². The van der Waals surface area contributed by atoms with Crippen LogP contribution in [0.3, 0.4) is 0 Å². The lowest BCUT2D eigenvalue weighted by molar-refractivity contribution is 0.0595. The Balaban J connectivity index is 1.84. The summed E-state index contributed by atoms with van der Waals surface area (Å²) in [5.41, 5.74) is 5.33. The van der Waals surface area contributed by atoms with E-state index in [4.69, 9.17) is 4.74 Å². The fourth-order valence-electron chi connectivity index (χ4n) is 3.05. The average molecular weight is 376 g/mol. The van der Waals surface area contributed by atoms with Crippen molar-refractivity contribution in [2.75, 3.05) is 20.8 Å². The summed E-state index contributed by atoms with van der Waals surface area (Å²) in [4.78, 5) is 19.1. The topological polar surface area (TPSA) is 68.2 Å². The molecule has 144 valence electrons. The Hall–Kier alpha value is -3.12. The molecule has 3 aromatic rings. The van der Waals surface area contributed by atoms with Crippen LogP contribution < -0.4 is 0 Å². The normalized spacial score (nSPS) is 11.9. The Labute approximate surface area is 165 Å². The van der Waals surface area contributed by atoms with Gasteiger partial charge in [-0.2, -0.15) is 10.2 Å². The number of aryl methyl sites for hydroxylation is 1. The lowest BCUT2D eigenvalue weighted by Crippen LogP contribution is -2.34. The first-order valence-corrected chi connectivity index (χ1v) is 9.09. The Morgan fingerprint density at radius 1 is 1.14 bits per heavy atom. The molecule has 1 aromatic carbocycles. The predicted octanol–water partition coefficient (Wildman–Crippen LogP) is 3.62. The van der Waals surface area contributed by atoms with E-state index in [9.17, 15) is 4.79 Å². The molecule has 0 aliphatic heterocycles. The molecule has 1 atom stereocenters. The van der Waals surface area contributed by atoms with Gasteiger partial charge in [0, 0.05) is 31.5 Å². The number of rotatable bonds is 6. The fraction of sp³-hybridized carbons (Fsp3) is 0.273. The number of likely N-dealkylation sites (N-methyl/N-ethyl adjacent to an activating group) is 1. The summed E-state index contributed by atoms with van der Waals surface area (Å²) in [5.74, 6) is -0.0914. The standard InChI is InChI=1S/C22H24N4O2/c1-15-13-24-25-21(16(15)2)17-8-10-18(11-9-17)22(27)26(3)20(14-28-4)19-7-5-6-12-23-19/h5-13,20H,14H2,1-4H3. The zero-order chi connectivity index (χ0) is 20.1. The van der Waals surface area contributed by atoms with E-state index >= 15 is 0 Å². The molecular formula is C22H24N4O2. The van der Waals surface area contributed by atoms with Crippen molar-refractivity contribution in [1.29, 1.82) is 0 Å². The lowest BCUT2D eigenvalue weighted by Gasteiger charge is -2.27. The third-order valence-corrected chi connectivity index (χ3v) is 4.90. The molecule has 2 aromatic heterocycles. The summed E-state index contributed by atoms with van der Waals surface area (Å²) in [6.07, 6.45) is 3.47. The van der Waals surface area contributed by atoms with Gasteiger partial charge in [0.1, 0.15) is 0 Å². The minimum atomic E-state index is -0.261. The van der Waals surface area contributed by atoms with Crippen LogP contribution in [0.25, 0.3) is 11.3 Å². The minimum absolute atomic E-state index is 0.0914. The number of aromatic nitrogens is 3. The van der Waals surface area contributed by atoms with Crippen LogP contribution in [0.2, 0.25) is 0 Å². The molecule has 0 saturated carbocycles. The van der Waals surface area contributed by atoms with Gasteiger partial charge in [0.15, 0.2) is 0 Å². The number of hydrogen-bond acceptors (Lipinski definition) is 5. The van der Waals surface area contributed by atoms with E-state index in [1.807, 2.05) is 56.3 Å². The lowest BCUT2D eigenvalue weighted by atomic mass is 10.0. The van der Waals surface area contributed by atoms with Crippen molar-refractivity contribution >= 4 is 5.91 Å². The predicted molar refractivity (Wildman–Crippen MR) is 108 cm³/mol. The van der Waals surface area contributed by atoms with E-state index in [1.54, 1.807) is 31.5 Å².